The molecule has 5 nitrogen and oxygen atoms in total. The quantitative estimate of drug-likeness (QED) is 0.308. The molecule has 0 saturated carbocycles. The number of guanidine groups is 1. The standard InChI is InChI=1S/C22H26N4O.HI/c1-16-8-4-7-11-21(16)27-17(2)14-25-22(23-3)26-15-20-19-10-6-5-9-18(19)12-13-24-20;/h4-13,17H,14-15H2,1-3H3,(H2,23,25,26);1H. The van der Waals surface area contributed by atoms with E-state index in [1.165, 1.54) is 5.39 Å². The molecule has 0 spiro atoms. The van der Waals surface area contributed by atoms with Gasteiger partial charge >= 0.3 is 0 Å². The van der Waals surface area contributed by atoms with Crippen LogP contribution in [0.2, 0.25) is 0 Å². The molecule has 0 radical (unpaired) electrons. The van der Waals surface area contributed by atoms with Gasteiger partial charge in [0.05, 0.1) is 18.8 Å². The van der Waals surface area contributed by atoms with Gasteiger partial charge in [0.15, 0.2) is 5.96 Å². The molecule has 2 aromatic carbocycles. The van der Waals surface area contributed by atoms with E-state index in [2.05, 4.69) is 32.7 Å². The number of hydrogen-bond donors (Lipinski definition) is 2. The van der Waals surface area contributed by atoms with Gasteiger partial charge in [-0.25, -0.2) is 0 Å². The van der Waals surface area contributed by atoms with Crippen molar-refractivity contribution in [2.24, 2.45) is 4.99 Å². The van der Waals surface area contributed by atoms with Crippen molar-refractivity contribution in [1.82, 2.24) is 15.6 Å². The smallest absolute Gasteiger partial charge is 0.191 e. The number of benzene rings is 2. The summed E-state index contributed by atoms with van der Waals surface area (Å²) < 4.78 is 6.00. The Labute approximate surface area is 183 Å². The second-order valence-electron chi connectivity index (χ2n) is 6.48. The molecule has 1 heterocycles. The minimum Gasteiger partial charge on any atom is -0.489 e. The Hall–Kier alpha value is -2.35. The predicted octanol–water partition coefficient (Wildman–Crippen LogP) is 4.29. The zero-order valence-corrected chi connectivity index (χ0v) is 18.8. The maximum atomic E-state index is 6.00. The van der Waals surface area contributed by atoms with Gasteiger partial charge in [-0.15, -0.1) is 24.0 Å². The van der Waals surface area contributed by atoms with E-state index < -0.39 is 0 Å². The third kappa shape index (κ3) is 5.82. The van der Waals surface area contributed by atoms with Crippen molar-refractivity contribution in [1.29, 1.82) is 0 Å². The number of ether oxygens (including phenoxy) is 1. The van der Waals surface area contributed by atoms with E-state index in [0.29, 0.717) is 13.1 Å². The maximum absolute atomic E-state index is 6.00. The van der Waals surface area contributed by atoms with Crippen molar-refractivity contribution < 1.29 is 4.74 Å². The number of fused-ring (bicyclic) bond motifs is 1. The molecule has 28 heavy (non-hydrogen) atoms. The lowest BCUT2D eigenvalue weighted by Gasteiger charge is -2.19. The summed E-state index contributed by atoms with van der Waals surface area (Å²) in [7, 11) is 1.76. The number of aryl methyl sites for hydroxylation is 1. The van der Waals surface area contributed by atoms with Gasteiger partial charge < -0.3 is 15.4 Å². The Morgan fingerprint density at radius 3 is 2.61 bits per heavy atom. The molecule has 0 bridgehead atoms. The number of para-hydroxylation sites is 1. The fourth-order valence-corrected chi connectivity index (χ4v) is 2.90. The first-order valence-electron chi connectivity index (χ1n) is 9.17. The summed E-state index contributed by atoms with van der Waals surface area (Å²) in [4.78, 5) is 8.79. The number of halogens is 1. The fraction of sp³-hybridized carbons (Fsp3) is 0.273. The average molecular weight is 490 g/mol. The van der Waals surface area contributed by atoms with Crippen molar-refractivity contribution in [2.75, 3.05) is 13.6 Å². The third-order valence-corrected chi connectivity index (χ3v) is 4.38. The highest BCUT2D eigenvalue weighted by atomic mass is 127. The van der Waals surface area contributed by atoms with Crippen LogP contribution in [-0.4, -0.2) is 30.6 Å². The minimum absolute atomic E-state index is 0. The molecule has 3 aromatic rings. The largest absolute Gasteiger partial charge is 0.489 e. The number of pyridine rings is 1. The molecular weight excluding hydrogens is 463 g/mol. The Bertz CT molecular complexity index is 924. The molecule has 1 aromatic heterocycles. The zero-order valence-electron chi connectivity index (χ0n) is 16.5. The van der Waals surface area contributed by atoms with Gasteiger partial charge in [0, 0.05) is 18.6 Å². The lowest BCUT2D eigenvalue weighted by molar-refractivity contribution is 0.222. The van der Waals surface area contributed by atoms with Crippen LogP contribution in [0.5, 0.6) is 5.75 Å². The van der Waals surface area contributed by atoms with Gasteiger partial charge in [0.25, 0.3) is 0 Å². The van der Waals surface area contributed by atoms with Crippen molar-refractivity contribution in [3.63, 3.8) is 0 Å². The van der Waals surface area contributed by atoms with E-state index in [1.54, 1.807) is 7.05 Å². The van der Waals surface area contributed by atoms with Gasteiger partial charge in [-0.3, -0.25) is 9.98 Å². The first kappa shape index (κ1) is 21.9. The summed E-state index contributed by atoms with van der Waals surface area (Å²) in [5, 5.41) is 8.98. The van der Waals surface area contributed by atoms with Crippen molar-refractivity contribution >= 4 is 40.7 Å². The van der Waals surface area contributed by atoms with E-state index in [0.717, 1.165) is 28.4 Å². The van der Waals surface area contributed by atoms with Crippen LogP contribution in [0.4, 0.5) is 0 Å². The molecule has 6 heteroatoms. The van der Waals surface area contributed by atoms with Crippen LogP contribution in [0, 0.1) is 6.92 Å². The summed E-state index contributed by atoms with van der Waals surface area (Å²) in [5.74, 6) is 1.64. The van der Waals surface area contributed by atoms with E-state index in [4.69, 9.17) is 4.74 Å². The normalized spacial score (nSPS) is 12.2. The van der Waals surface area contributed by atoms with Crippen molar-refractivity contribution in [3.8, 4) is 5.75 Å². The number of nitrogens with one attached hydrogen (secondary N) is 2. The van der Waals surface area contributed by atoms with E-state index >= 15 is 0 Å². The Kier molecular flexibility index (Phi) is 8.50. The molecule has 0 aliphatic rings. The van der Waals surface area contributed by atoms with Crippen molar-refractivity contribution in [3.05, 3.63) is 72.1 Å². The molecule has 0 saturated heterocycles. The topological polar surface area (TPSA) is 58.5 Å². The van der Waals surface area contributed by atoms with E-state index in [-0.39, 0.29) is 30.1 Å². The first-order chi connectivity index (χ1) is 13.2. The summed E-state index contributed by atoms with van der Waals surface area (Å²) in [6.07, 6.45) is 1.86. The van der Waals surface area contributed by atoms with Crippen LogP contribution in [0.15, 0.2) is 65.8 Å². The SMILES string of the molecule is CN=C(NCc1nccc2ccccc12)NCC(C)Oc1ccccc1C.I. The highest BCUT2D eigenvalue weighted by molar-refractivity contribution is 14.0. The van der Waals surface area contributed by atoms with Gasteiger partial charge in [0.1, 0.15) is 11.9 Å². The van der Waals surface area contributed by atoms with E-state index in [1.807, 2.05) is 62.5 Å². The second-order valence-corrected chi connectivity index (χ2v) is 6.48. The molecule has 0 aliphatic heterocycles. The van der Waals surface area contributed by atoms with Gasteiger partial charge in [0.2, 0.25) is 0 Å². The van der Waals surface area contributed by atoms with Crippen LogP contribution in [0.1, 0.15) is 18.2 Å². The summed E-state index contributed by atoms with van der Waals surface area (Å²) in [5.41, 5.74) is 2.13. The molecule has 1 unspecified atom stereocenters. The monoisotopic (exact) mass is 490 g/mol. The Morgan fingerprint density at radius 1 is 1.07 bits per heavy atom. The Morgan fingerprint density at radius 2 is 1.82 bits per heavy atom. The van der Waals surface area contributed by atoms with Gasteiger partial charge in [-0.05, 0) is 36.9 Å². The van der Waals surface area contributed by atoms with Crippen LogP contribution in [-0.2, 0) is 6.54 Å². The molecular formula is C22H27IN4O. The molecule has 1 atom stereocenters. The third-order valence-electron chi connectivity index (χ3n) is 4.38. The predicted molar refractivity (Wildman–Crippen MR) is 127 cm³/mol. The number of aromatic nitrogens is 1. The summed E-state index contributed by atoms with van der Waals surface area (Å²) in [6.45, 7) is 5.34. The number of rotatable bonds is 6. The summed E-state index contributed by atoms with van der Waals surface area (Å²) in [6, 6.07) is 18.3. The average Bonchev–Trinajstić information content (AvgIpc) is 2.70. The van der Waals surface area contributed by atoms with Gasteiger partial charge in [-0.2, -0.15) is 0 Å². The van der Waals surface area contributed by atoms with Crippen LogP contribution < -0.4 is 15.4 Å². The van der Waals surface area contributed by atoms with Crippen LogP contribution in [0.3, 0.4) is 0 Å². The lowest BCUT2D eigenvalue weighted by atomic mass is 10.1. The first-order valence-corrected chi connectivity index (χ1v) is 9.17. The second kappa shape index (κ2) is 10.8. The molecule has 2 N–H and O–H groups in total. The van der Waals surface area contributed by atoms with Crippen molar-refractivity contribution in [2.45, 2.75) is 26.5 Å². The van der Waals surface area contributed by atoms with Crippen LogP contribution in [0.25, 0.3) is 10.8 Å². The number of nitrogens with zero attached hydrogens (tertiary/aromatic N) is 2. The highest BCUT2D eigenvalue weighted by Gasteiger charge is 2.08. The number of hydrogen-bond acceptors (Lipinski definition) is 3. The lowest BCUT2D eigenvalue weighted by Crippen LogP contribution is -2.41. The molecule has 0 aliphatic carbocycles. The number of aliphatic imine (C=N–C) groups is 1. The van der Waals surface area contributed by atoms with Crippen LogP contribution >= 0.6 is 24.0 Å². The molecule has 148 valence electrons. The van der Waals surface area contributed by atoms with Gasteiger partial charge in [-0.1, -0.05) is 42.5 Å². The summed E-state index contributed by atoms with van der Waals surface area (Å²) >= 11 is 0. The molecule has 3 rings (SSSR count). The zero-order chi connectivity index (χ0) is 19.1. The molecule has 0 amide bonds. The van der Waals surface area contributed by atoms with E-state index in [9.17, 15) is 0 Å². The Balaban J connectivity index is 0.00000280. The fourth-order valence-electron chi connectivity index (χ4n) is 2.90. The minimum atomic E-state index is 0. The molecule has 0 fully saturated rings. The maximum Gasteiger partial charge on any atom is 0.191 e. The highest BCUT2D eigenvalue weighted by Crippen LogP contribution is 2.18.